The summed E-state index contributed by atoms with van der Waals surface area (Å²) in [5.74, 6) is 0. The maximum absolute atomic E-state index is 5.04. The lowest BCUT2D eigenvalue weighted by Gasteiger charge is -2.45. The van der Waals surface area contributed by atoms with E-state index >= 15 is 0 Å². The van der Waals surface area contributed by atoms with E-state index in [0.717, 1.165) is 0 Å². The van der Waals surface area contributed by atoms with Gasteiger partial charge in [0.25, 0.3) is 0 Å². The Bertz CT molecular complexity index is 168. The molecule has 0 aromatic rings. The normalized spacial score (nSPS) is 27.1. The van der Waals surface area contributed by atoms with Crippen LogP contribution < -0.4 is 16.0 Å². The van der Waals surface area contributed by atoms with Gasteiger partial charge in [0, 0.05) is 0 Å². The maximum atomic E-state index is 5.04. The molecule has 64 valence electrons. The van der Waals surface area contributed by atoms with Gasteiger partial charge in [0.2, 0.25) is 0 Å². The van der Waals surface area contributed by atoms with Crippen molar-refractivity contribution in [3.05, 3.63) is 0 Å². The monoisotopic (exact) mass is 173 g/mol. The fourth-order valence-electron chi connectivity index (χ4n) is 1.44. The van der Waals surface area contributed by atoms with Crippen LogP contribution in [-0.4, -0.2) is 16.4 Å². The predicted molar refractivity (Wildman–Crippen MR) is 50.2 cm³/mol. The van der Waals surface area contributed by atoms with Crippen molar-refractivity contribution in [2.24, 2.45) is 0 Å². The van der Waals surface area contributed by atoms with E-state index in [1.165, 1.54) is 0 Å². The number of thiocarbonyl (C=S) groups is 1. The Hall–Kier alpha value is -0.350. The van der Waals surface area contributed by atoms with Crippen LogP contribution in [0, 0.1) is 0 Å². The van der Waals surface area contributed by atoms with Gasteiger partial charge in [-0.25, -0.2) is 0 Å². The fourth-order valence-corrected chi connectivity index (χ4v) is 1.95. The first-order chi connectivity index (χ1) is 4.81. The van der Waals surface area contributed by atoms with Crippen LogP contribution in [0.3, 0.4) is 0 Å². The second-order valence-corrected chi connectivity index (χ2v) is 4.36. The largest absolute Gasteiger partial charge is 0.345 e. The molecule has 1 heterocycles. The quantitative estimate of drug-likeness (QED) is 0.467. The topological polar surface area (TPSA) is 36.1 Å². The van der Waals surface area contributed by atoms with Gasteiger partial charge >= 0.3 is 0 Å². The number of hydrogen-bond donors (Lipinski definition) is 3. The number of rotatable bonds is 0. The SMILES string of the molecule is CC1(C)NC(=S)NC(C)(C)N1. The summed E-state index contributed by atoms with van der Waals surface area (Å²) in [5, 5.41) is 10.3. The fraction of sp³-hybridized carbons (Fsp3) is 0.857. The van der Waals surface area contributed by atoms with Gasteiger partial charge in [0.1, 0.15) is 0 Å². The number of nitrogens with one attached hydrogen (secondary N) is 3. The lowest BCUT2D eigenvalue weighted by molar-refractivity contribution is 0.204. The van der Waals surface area contributed by atoms with Crippen LogP contribution in [0.25, 0.3) is 0 Å². The van der Waals surface area contributed by atoms with Crippen molar-refractivity contribution in [1.29, 1.82) is 0 Å². The lowest BCUT2D eigenvalue weighted by Crippen LogP contribution is -2.74. The smallest absolute Gasteiger partial charge is 0.169 e. The van der Waals surface area contributed by atoms with Crippen LogP contribution in [0.4, 0.5) is 0 Å². The summed E-state index contributed by atoms with van der Waals surface area (Å²) >= 11 is 5.04. The highest BCUT2D eigenvalue weighted by Gasteiger charge is 2.33. The molecule has 3 nitrogen and oxygen atoms in total. The van der Waals surface area contributed by atoms with Crippen LogP contribution in [0.5, 0.6) is 0 Å². The molecule has 0 amide bonds. The molecule has 0 spiro atoms. The molecule has 1 aliphatic rings. The highest BCUT2D eigenvalue weighted by Crippen LogP contribution is 2.10. The van der Waals surface area contributed by atoms with Crippen molar-refractivity contribution in [3.8, 4) is 0 Å². The number of hydrogen-bond acceptors (Lipinski definition) is 2. The van der Waals surface area contributed by atoms with E-state index in [4.69, 9.17) is 12.2 Å². The minimum Gasteiger partial charge on any atom is -0.345 e. The average molecular weight is 173 g/mol. The van der Waals surface area contributed by atoms with Crippen molar-refractivity contribution >= 4 is 17.3 Å². The van der Waals surface area contributed by atoms with Crippen LogP contribution in [-0.2, 0) is 0 Å². The summed E-state index contributed by atoms with van der Waals surface area (Å²) in [6, 6.07) is 0. The highest BCUT2D eigenvalue weighted by molar-refractivity contribution is 7.80. The van der Waals surface area contributed by atoms with Crippen molar-refractivity contribution in [2.75, 3.05) is 0 Å². The molecular formula is C7H15N3S. The van der Waals surface area contributed by atoms with Gasteiger partial charge < -0.3 is 10.6 Å². The van der Waals surface area contributed by atoms with Crippen molar-refractivity contribution < 1.29 is 0 Å². The van der Waals surface area contributed by atoms with Crippen LogP contribution in [0.1, 0.15) is 27.7 Å². The van der Waals surface area contributed by atoms with E-state index in [1.54, 1.807) is 0 Å². The average Bonchev–Trinajstić information content (AvgIpc) is 1.49. The second-order valence-electron chi connectivity index (χ2n) is 3.95. The summed E-state index contributed by atoms with van der Waals surface area (Å²) < 4.78 is 0. The minimum atomic E-state index is -0.119. The minimum absolute atomic E-state index is 0.119. The zero-order valence-corrected chi connectivity index (χ0v) is 8.22. The lowest BCUT2D eigenvalue weighted by atomic mass is 10.1. The first-order valence-corrected chi connectivity index (χ1v) is 4.11. The summed E-state index contributed by atoms with van der Waals surface area (Å²) in [4.78, 5) is 0. The first-order valence-electron chi connectivity index (χ1n) is 3.70. The van der Waals surface area contributed by atoms with Gasteiger partial charge in [-0.1, -0.05) is 0 Å². The van der Waals surface area contributed by atoms with E-state index in [1.807, 2.05) is 0 Å². The van der Waals surface area contributed by atoms with Gasteiger partial charge in [-0.05, 0) is 39.9 Å². The first kappa shape index (κ1) is 8.74. The Kier molecular flexibility index (Phi) is 1.84. The Labute approximate surface area is 72.9 Å². The highest BCUT2D eigenvalue weighted by atomic mass is 32.1. The molecule has 0 atom stereocenters. The van der Waals surface area contributed by atoms with Crippen LogP contribution >= 0.6 is 12.2 Å². The van der Waals surface area contributed by atoms with Crippen molar-refractivity contribution in [3.63, 3.8) is 0 Å². The summed E-state index contributed by atoms with van der Waals surface area (Å²) in [5.41, 5.74) is -0.238. The Balaban J connectivity index is 2.74. The van der Waals surface area contributed by atoms with Gasteiger partial charge in [-0.15, -0.1) is 0 Å². The third kappa shape index (κ3) is 2.31. The molecule has 0 unspecified atom stereocenters. The molecule has 0 aromatic heterocycles. The molecule has 0 bridgehead atoms. The Morgan fingerprint density at radius 2 is 1.36 bits per heavy atom. The van der Waals surface area contributed by atoms with E-state index in [2.05, 4.69) is 43.6 Å². The van der Waals surface area contributed by atoms with E-state index < -0.39 is 0 Å². The molecule has 1 rings (SSSR count). The van der Waals surface area contributed by atoms with Gasteiger partial charge in [-0.2, -0.15) is 0 Å². The Morgan fingerprint density at radius 3 is 1.64 bits per heavy atom. The van der Waals surface area contributed by atoms with Crippen molar-refractivity contribution in [2.45, 2.75) is 39.0 Å². The predicted octanol–water partition coefficient (Wildman–Crippen LogP) is 0.526. The molecule has 0 saturated carbocycles. The maximum Gasteiger partial charge on any atom is 0.169 e. The van der Waals surface area contributed by atoms with E-state index in [-0.39, 0.29) is 11.3 Å². The summed E-state index contributed by atoms with van der Waals surface area (Å²) in [6.07, 6.45) is 0. The molecule has 1 saturated heterocycles. The standard InChI is InChI=1S/C7H15N3S/c1-6(2)8-5(11)9-7(3,4)10-6/h10H,1-4H3,(H2,8,9,11). The zero-order chi connectivity index (χ0) is 8.70. The summed E-state index contributed by atoms with van der Waals surface area (Å²) in [6.45, 7) is 8.23. The van der Waals surface area contributed by atoms with Crippen LogP contribution in [0.2, 0.25) is 0 Å². The van der Waals surface area contributed by atoms with E-state index in [0.29, 0.717) is 5.11 Å². The van der Waals surface area contributed by atoms with Gasteiger partial charge in [-0.3, -0.25) is 5.32 Å². The Morgan fingerprint density at radius 1 is 1.00 bits per heavy atom. The second kappa shape index (κ2) is 2.32. The van der Waals surface area contributed by atoms with E-state index in [9.17, 15) is 0 Å². The molecule has 1 fully saturated rings. The summed E-state index contributed by atoms with van der Waals surface area (Å²) in [7, 11) is 0. The van der Waals surface area contributed by atoms with Gasteiger partial charge in [0.05, 0.1) is 11.3 Å². The van der Waals surface area contributed by atoms with Gasteiger partial charge in [0.15, 0.2) is 5.11 Å². The molecule has 3 N–H and O–H groups in total. The third-order valence-electron chi connectivity index (χ3n) is 1.48. The zero-order valence-electron chi connectivity index (χ0n) is 7.41. The molecule has 0 radical (unpaired) electrons. The molecular weight excluding hydrogens is 158 g/mol. The van der Waals surface area contributed by atoms with Crippen LogP contribution in [0.15, 0.2) is 0 Å². The molecule has 1 aliphatic heterocycles. The third-order valence-corrected chi connectivity index (χ3v) is 1.68. The molecule has 0 aliphatic carbocycles. The molecule has 11 heavy (non-hydrogen) atoms. The molecule has 4 heteroatoms. The molecule has 0 aromatic carbocycles. The van der Waals surface area contributed by atoms with Crippen molar-refractivity contribution in [1.82, 2.24) is 16.0 Å².